The molecular weight excluding hydrogens is 238 g/mol. The third kappa shape index (κ3) is 4.44. The van der Waals surface area contributed by atoms with Gasteiger partial charge in [-0.1, -0.05) is 24.9 Å². The van der Waals surface area contributed by atoms with Gasteiger partial charge in [-0.15, -0.1) is 0 Å². The zero-order valence-electron chi connectivity index (χ0n) is 8.27. The van der Waals surface area contributed by atoms with Crippen molar-refractivity contribution in [1.82, 2.24) is 9.97 Å². The second-order valence-electron chi connectivity index (χ2n) is 3.00. The molecule has 84 valence electrons. The Labute approximate surface area is 93.9 Å². The number of aromatic nitrogens is 2. The Bertz CT molecular complexity index is 422. The van der Waals surface area contributed by atoms with E-state index in [1.165, 1.54) is 12.4 Å². The van der Waals surface area contributed by atoms with Crippen molar-refractivity contribution >= 4 is 27.4 Å². The number of nitrogens with zero attached hydrogens (tertiary/aromatic N) is 2. The summed E-state index contributed by atoms with van der Waals surface area (Å²) in [7, 11) is -3.32. The zero-order chi connectivity index (χ0) is 11.3. The van der Waals surface area contributed by atoms with Crippen LogP contribution in [0.25, 0.3) is 0 Å². The van der Waals surface area contributed by atoms with Gasteiger partial charge < -0.3 is 0 Å². The molecule has 0 aliphatic heterocycles. The Kier molecular flexibility index (Phi) is 4.28. The average molecular weight is 250 g/mol. The number of halogens is 1. The Hall–Kier alpha value is -0.880. The molecule has 1 aromatic heterocycles. The highest BCUT2D eigenvalue weighted by molar-refractivity contribution is 7.92. The van der Waals surface area contributed by atoms with Crippen LogP contribution in [0.15, 0.2) is 12.4 Å². The molecule has 7 heteroatoms. The first-order chi connectivity index (χ1) is 7.03. The maximum absolute atomic E-state index is 11.4. The molecule has 0 aromatic carbocycles. The molecule has 0 saturated heterocycles. The second-order valence-corrected chi connectivity index (χ2v) is 5.23. The van der Waals surface area contributed by atoms with Gasteiger partial charge in [-0.25, -0.2) is 13.4 Å². The lowest BCUT2D eigenvalue weighted by atomic mass is 10.4. The fourth-order valence-corrected chi connectivity index (χ4v) is 2.27. The lowest BCUT2D eigenvalue weighted by Gasteiger charge is -2.05. The van der Waals surface area contributed by atoms with Crippen LogP contribution in [-0.2, 0) is 10.0 Å². The molecular formula is C8H12ClN3O2S. The molecule has 1 aromatic rings. The minimum Gasteiger partial charge on any atom is -0.266 e. The van der Waals surface area contributed by atoms with E-state index in [2.05, 4.69) is 14.7 Å². The van der Waals surface area contributed by atoms with E-state index in [-0.39, 0.29) is 16.7 Å². The summed E-state index contributed by atoms with van der Waals surface area (Å²) >= 11 is 5.57. The van der Waals surface area contributed by atoms with Crippen molar-refractivity contribution in [2.24, 2.45) is 0 Å². The highest BCUT2D eigenvalue weighted by Crippen LogP contribution is 2.09. The topological polar surface area (TPSA) is 72.0 Å². The van der Waals surface area contributed by atoms with E-state index in [0.29, 0.717) is 6.42 Å². The maximum Gasteiger partial charge on any atom is 0.233 e. The molecule has 0 amide bonds. The van der Waals surface area contributed by atoms with Gasteiger partial charge in [0.05, 0.1) is 18.1 Å². The summed E-state index contributed by atoms with van der Waals surface area (Å²) in [4.78, 5) is 7.51. The van der Waals surface area contributed by atoms with E-state index in [1.54, 1.807) is 0 Å². The van der Waals surface area contributed by atoms with Gasteiger partial charge in [0, 0.05) is 0 Å². The van der Waals surface area contributed by atoms with Crippen LogP contribution in [0, 0.1) is 0 Å². The van der Waals surface area contributed by atoms with E-state index in [4.69, 9.17) is 11.6 Å². The van der Waals surface area contributed by atoms with Gasteiger partial charge in [0.2, 0.25) is 10.0 Å². The molecule has 1 N–H and O–H groups in total. The first-order valence-corrected chi connectivity index (χ1v) is 6.54. The minimum atomic E-state index is -3.32. The van der Waals surface area contributed by atoms with Gasteiger partial charge in [0.15, 0.2) is 5.82 Å². The van der Waals surface area contributed by atoms with Gasteiger partial charge >= 0.3 is 0 Å². The van der Waals surface area contributed by atoms with Crippen molar-refractivity contribution in [2.75, 3.05) is 10.5 Å². The first kappa shape index (κ1) is 12.2. The average Bonchev–Trinajstić information content (AvgIpc) is 2.14. The molecule has 0 spiro atoms. The molecule has 15 heavy (non-hydrogen) atoms. The molecule has 0 saturated carbocycles. The summed E-state index contributed by atoms with van der Waals surface area (Å²) in [6.45, 7) is 1.93. The van der Waals surface area contributed by atoms with Crippen molar-refractivity contribution in [2.45, 2.75) is 19.8 Å². The number of nitrogens with one attached hydrogen (secondary N) is 1. The van der Waals surface area contributed by atoms with Crippen molar-refractivity contribution in [3.63, 3.8) is 0 Å². The highest BCUT2D eigenvalue weighted by atomic mass is 35.5. The third-order valence-corrected chi connectivity index (χ3v) is 3.16. The fourth-order valence-electron chi connectivity index (χ4n) is 0.936. The summed E-state index contributed by atoms with van der Waals surface area (Å²) in [5.74, 6) is 0.233. The monoisotopic (exact) mass is 249 g/mol. The van der Waals surface area contributed by atoms with Crippen molar-refractivity contribution in [1.29, 1.82) is 0 Å². The largest absolute Gasteiger partial charge is 0.266 e. The molecule has 0 unspecified atom stereocenters. The first-order valence-electron chi connectivity index (χ1n) is 4.51. The van der Waals surface area contributed by atoms with Gasteiger partial charge in [-0.3, -0.25) is 9.71 Å². The van der Waals surface area contributed by atoms with Gasteiger partial charge in [-0.05, 0) is 6.42 Å². The number of hydrogen-bond acceptors (Lipinski definition) is 4. The van der Waals surface area contributed by atoms with Crippen LogP contribution < -0.4 is 4.72 Å². The predicted molar refractivity (Wildman–Crippen MR) is 59.4 cm³/mol. The smallest absolute Gasteiger partial charge is 0.233 e. The number of hydrogen-bond donors (Lipinski definition) is 1. The summed E-state index contributed by atoms with van der Waals surface area (Å²) in [6, 6.07) is 0. The second kappa shape index (κ2) is 5.27. The molecule has 0 radical (unpaired) electrons. The van der Waals surface area contributed by atoms with Gasteiger partial charge in [-0.2, -0.15) is 0 Å². The SMILES string of the molecule is CCCCS(=O)(=O)Nc1cncc(Cl)n1. The summed E-state index contributed by atoms with van der Waals surface area (Å²) in [6.07, 6.45) is 4.09. The van der Waals surface area contributed by atoms with E-state index in [9.17, 15) is 8.42 Å². The van der Waals surface area contributed by atoms with Crippen molar-refractivity contribution < 1.29 is 8.42 Å². The molecule has 1 rings (SSSR count). The maximum atomic E-state index is 11.4. The number of sulfonamides is 1. The number of unbranched alkanes of at least 4 members (excludes halogenated alkanes) is 1. The third-order valence-electron chi connectivity index (χ3n) is 1.63. The summed E-state index contributed by atoms with van der Waals surface area (Å²) in [5, 5.41) is 0.158. The lowest BCUT2D eigenvalue weighted by Crippen LogP contribution is -2.17. The Morgan fingerprint density at radius 2 is 2.20 bits per heavy atom. The summed E-state index contributed by atoms with van der Waals surface area (Å²) < 4.78 is 25.2. The van der Waals surface area contributed by atoms with E-state index in [0.717, 1.165) is 6.42 Å². The normalized spacial score (nSPS) is 11.3. The van der Waals surface area contributed by atoms with Crippen LogP contribution in [0.1, 0.15) is 19.8 Å². The van der Waals surface area contributed by atoms with Crippen LogP contribution in [0.3, 0.4) is 0 Å². The lowest BCUT2D eigenvalue weighted by molar-refractivity contribution is 0.597. The van der Waals surface area contributed by atoms with E-state index < -0.39 is 10.0 Å². The molecule has 0 aliphatic carbocycles. The Morgan fingerprint density at radius 1 is 1.47 bits per heavy atom. The van der Waals surface area contributed by atoms with Crippen LogP contribution in [0.2, 0.25) is 5.15 Å². The Balaban J connectivity index is 2.69. The van der Waals surface area contributed by atoms with Gasteiger partial charge in [0.1, 0.15) is 5.15 Å². The zero-order valence-corrected chi connectivity index (χ0v) is 9.85. The van der Waals surface area contributed by atoms with E-state index in [1.807, 2.05) is 6.92 Å². The van der Waals surface area contributed by atoms with E-state index >= 15 is 0 Å². The fraction of sp³-hybridized carbons (Fsp3) is 0.500. The highest BCUT2D eigenvalue weighted by Gasteiger charge is 2.10. The Morgan fingerprint density at radius 3 is 2.80 bits per heavy atom. The standard InChI is InChI=1S/C8H12ClN3O2S/c1-2-3-4-15(13,14)12-8-6-10-5-7(9)11-8/h5-6H,2-4H2,1H3,(H,11,12). The molecule has 0 aliphatic rings. The van der Waals surface area contributed by atoms with Crippen LogP contribution in [0.4, 0.5) is 5.82 Å². The summed E-state index contributed by atoms with van der Waals surface area (Å²) in [5.41, 5.74) is 0. The molecule has 1 heterocycles. The van der Waals surface area contributed by atoms with Crippen LogP contribution >= 0.6 is 11.6 Å². The molecule has 0 atom stereocenters. The number of anilines is 1. The number of rotatable bonds is 5. The predicted octanol–water partition coefficient (Wildman–Crippen LogP) is 1.67. The van der Waals surface area contributed by atoms with Crippen LogP contribution in [0.5, 0.6) is 0 Å². The van der Waals surface area contributed by atoms with Crippen molar-refractivity contribution in [3.8, 4) is 0 Å². The van der Waals surface area contributed by atoms with Gasteiger partial charge in [0.25, 0.3) is 0 Å². The molecule has 0 fully saturated rings. The molecule has 5 nitrogen and oxygen atoms in total. The van der Waals surface area contributed by atoms with Crippen LogP contribution in [-0.4, -0.2) is 24.1 Å². The quantitative estimate of drug-likeness (QED) is 0.862. The molecule has 0 bridgehead atoms. The van der Waals surface area contributed by atoms with Crippen molar-refractivity contribution in [3.05, 3.63) is 17.5 Å². The minimum absolute atomic E-state index is 0.0810.